The zero-order valence-electron chi connectivity index (χ0n) is 19.2. The summed E-state index contributed by atoms with van der Waals surface area (Å²) in [6.45, 7) is 4.01. The van der Waals surface area contributed by atoms with Gasteiger partial charge in [-0.3, -0.25) is 9.78 Å². The molecule has 1 amide bonds. The maximum Gasteiger partial charge on any atom is 0.424 e. The van der Waals surface area contributed by atoms with Crippen molar-refractivity contribution in [3.8, 4) is 17.2 Å². The summed E-state index contributed by atoms with van der Waals surface area (Å²) >= 11 is 0. The van der Waals surface area contributed by atoms with E-state index in [0.717, 1.165) is 0 Å². The number of benzene rings is 1. The van der Waals surface area contributed by atoms with E-state index >= 15 is 0 Å². The lowest BCUT2D eigenvalue weighted by Crippen LogP contribution is -2.51. The summed E-state index contributed by atoms with van der Waals surface area (Å²) in [6.07, 6.45) is -5.13. The molecule has 2 heterocycles. The molecule has 3 N–H and O–H groups in total. The maximum absolute atomic E-state index is 14.1. The molecule has 0 aliphatic carbocycles. The van der Waals surface area contributed by atoms with Crippen LogP contribution in [0.2, 0.25) is 0 Å². The minimum atomic E-state index is -5.13. The lowest BCUT2D eigenvalue weighted by Gasteiger charge is -2.31. The number of fused-ring (bicyclic) bond motifs is 1. The smallest absolute Gasteiger partial charge is 0.424 e. The summed E-state index contributed by atoms with van der Waals surface area (Å²) in [6, 6.07) is 5.19. The Labute approximate surface area is 194 Å². The van der Waals surface area contributed by atoms with E-state index in [2.05, 4.69) is 10.3 Å². The number of nitrogens with one attached hydrogen (secondary N) is 1. The van der Waals surface area contributed by atoms with Gasteiger partial charge in [-0.25, -0.2) is 0 Å². The van der Waals surface area contributed by atoms with Crippen LogP contribution in [0.15, 0.2) is 24.3 Å². The standard InChI is InChI=1S/C23H27F3N2O6/c1-13-19-15(21(2,3)12-34-19)10-18(28-13)22(31,23(24,25)26)11-27-20(30)14-5-6-16(33-8-7-29)17(9-14)32-4/h5-6,9-10,29,31H,7-8,11-12H2,1-4H3,(H,27,30). The van der Waals surface area contributed by atoms with Gasteiger partial charge in [0.25, 0.3) is 5.91 Å². The number of alkyl halides is 3. The fourth-order valence-corrected chi connectivity index (χ4v) is 3.62. The molecule has 0 radical (unpaired) electrons. The molecule has 186 valence electrons. The summed E-state index contributed by atoms with van der Waals surface area (Å²) in [5.74, 6) is -0.0537. The monoisotopic (exact) mass is 484 g/mol. The third-order valence-electron chi connectivity index (χ3n) is 5.62. The normalized spacial score (nSPS) is 16.3. The Morgan fingerprint density at radius 2 is 1.97 bits per heavy atom. The molecule has 0 fully saturated rings. The molecule has 1 unspecified atom stereocenters. The largest absolute Gasteiger partial charge is 0.493 e. The molecular formula is C23H27F3N2O6. The Balaban J connectivity index is 1.89. The van der Waals surface area contributed by atoms with Crippen LogP contribution in [0.25, 0.3) is 0 Å². The molecule has 0 spiro atoms. The van der Waals surface area contributed by atoms with Crippen LogP contribution in [0.4, 0.5) is 13.2 Å². The molecule has 8 nitrogen and oxygen atoms in total. The fourth-order valence-electron chi connectivity index (χ4n) is 3.62. The number of nitrogens with zero attached hydrogens (tertiary/aromatic N) is 1. The molecular weight excluding hydrogens is 457 g/mol. The van der Waals surface area contributed by atoms with Crippen molar-refractivity contribution in [3.63, 3.8) is 0 Å². The van der Waals surface area contributed by atoms with Crippen molar-refractivity contribution >= 4 is 5.91 Å². The van der Waals surface area contributed by atoms with E-state index in [1.54, 1.807) is 0 Å². The van der Waals surface area contributed by atoms with E-state index in [4.69, 9.17) is 19.3 Å². The van der Waals surface area contributed by atoms with Crippen molar-refractivity contribution in [2.24, 2.45) is 0 Å². The first-order valence-electron chi connectivity index (χ1n) is 10.5. The van der Waals surface area contributed by atoms with E-state index in [1.165, 1.54) is 38.3 Å². The maximum atomic E-state index is 14.1. The number of rotatable bonds is 8. The van der Waals surface area contributed by atoms with Gasteiger partial charge in [0.05, 0.1) is 38.3 Å². The first kappa shape index (κ1) is 25.6. The lowest BCUT2D eigenvalue weighted by molar-refractivity contribution is -0.265. The Bertz CT molecular complexity index is 1070. The molecule has 1 aliphatic rings. The van der Waals surface area contributed by atoms with Gasteiger partial charge >= 0.3 is 6.18 Å². The first-order chi connectivity index (χ1) is 15.8. The average molecular weight is 484 g/mol. The number of aliphatic hydroxyl groups excluding tert-OH is 1. The summed E-state index contributed by atoms with van der Waals surface area (Å²) in [7, 11) is 1.33. The van der Waals surface area contributed by atoms with Gasteiger partial charge in [-0.1, -0.05) is 13.8 Å². The van der Waals surface area contributed by atoms with Crippen LogP contribution in [0.3, 0.4) is 0 Å². The van der Waals surface area contributed by atoms with Crippen molar-refractivity contribution in [3.05, 3.63) is 46.8 Å². The molecule has 34 heavy (non-hydrogen) atoms. The minimum absolute atomic E-state index is 0.00441. The van der Waals surface area contributed by atoms with Crippen LogP contribution < -0.4 is 19.5 Å². The molecule has 0 bridgehead atoms. The predicted molar refractivity (Wildman–Crippen MR) is 115 cm³/mol. The number of carbonyl (C=O) groups excluding carboxylic acids is 1. The van der Waals surface area contributed by atoms with Crippen molar-refractivity contribution in [2.45, 2.75) is 38.0 Å². The number of aryl methyl sites for hydroxylation is 1. The highest BCUT2D eigenvalue weighted by molar-refractivity contribution is 5.95. The van der Waals surface area contributed by atoms with Crippen molar-refractivity contribution in [1.82, 2.24) is 10.3 Å². The summed E-state index contributed by atoms with van der Waals surface area (Å²) in [4.78, 5) is 16.6. The first-order valence-corrected chi connectivity index (χ1v) is 10.5. The zero-order chi connectivity index (χ0) is 25.3. The van der Waals surface area contributed by atoms with Gasteiger partial charge in [0.1, 0.15) is 12.4 Å². The topological polar surface area (TPSA) is 110 Å². The molecule has 1 aliphatic heterocycles. The van der Waals surface area contributed by atoms with Crippen LogP contribution in [0.1, 0.15) is 41.2 Å². The highest BCUT2D eigenvalue weighted by Gasteiger charge is 2.57. The molecule has 3 rings (SSSR count). The van der Waals surface area contributed by atoms with Gasteiger partial charge in [0.2, 0.25) is 5.60 Å². The number of aromatic nitrogens is 1. The lowest BCUT2D eigenvalue weighted by atomic mass is 9.84. The number of halogens is 3. The summed E-state index contributed by atoms with van der Waals surface area (Å²) in [5.41, 5.74) is -3.91. The van der Waals surface area contributed by atoms with Gasteiger partial charge in [0.15, 0.2) is 11.5 Å². The number of hydrogen-bond donors (Lipinski definition) is 3. The number of amides is 1. The second kappa shape index (κ2) is 9.30. The molecule has 1 aromatic carbocycles. The quantitative estimate of drug-likeness (QED) is 0.528. The third kappa shape index (κ3) is 4.76. The molecule has 2 aromatic rings. The second-order valence-electron chi connectivity index (χ2n) is 8.62. The van der Waals surface area contributed by atoms with Crippen LogP contribution in [-0.2, 0) is 11.0 Å². The van der Waals surface area contributed by atoms with Crippen LogP contribution >= 0.6 is 0 Å². The van der Waals surface area contributed by atoms with Gasteiger partial charge in [-0.05, 0) is 31.2 Å². The molecule has 0 saturated heterocycles. The Morgan fingerprint density at radius 3 is 2.59 bits per heavy atom. The van der Waals surface area contributed by atoms with E-state index in [1.807, 2.05) is 13.8 Å². The molecule has 1 atom stereocenters. The number of hydrogen-bond acceptors (Lipinski definition) is 7. The van der Waals surface area contributed by atoms with E-state index in [9.17, 15) is 23.1 Å². The summed E-state index contributed by atoms with van der Waals surface area (Å²) in [5, 5.41) is 21.8. The molecule has 11 heteroatoms. The highest BCUT2D eigenvalue weighted by atomic mass is 19.4. The number of methoxy groups -OCH3 is 1. The van der Waals surface area contributed by atoms with Crippen molar-refractivity contribution in [1.29, 1.82) is 0 Å². The van der Waals surface area contributed by atoms with Crippen LogP contribution in [-0.4, -0.2) is 60.8 Å². The average Bonchev–Trinajstić information content (AvgIpc) is 3.09. The predicted octanol–water partition coefficient (Wildman–Crippen LogP) is 2.62. The minimum Gasteiger partial charge on any atom is -0.493 e. The number of aliphatic hydroxyl groups is 2. The van der Waals surface area contributed by atoms with Gasteiger partial charge < -0.3 is 29.7 Å². The number of carbonyl (C=O) groups is 1. The van der Waals surface area contributed by atoms with Crippen LogP contribution in [0.5, 0.6) is 17.2 Å². The van der Waals surface area contributed by atoms with Gasteiger partial charge in [-0.15, -0.1) is 0 Å². The molecule has 0 saturated carbocycles. The highest BCUT2D eigenvalue weighted by Crippen LogP contribution is 2.44. The van der Waals surface area contributed by atoms with Gasteiger partial charge in [0, 0.05) is 16.5 Å². The Kier molecular flexibility index (Phi) is 6.99. The third-order valence-corrected chi connectivity index (χ3v) is 5.62. The molecule has 1 aromatic heterocycles. The Morgan fingerprint density at radius 1 is 1.26 bits per heavy atom. The summed E-state index contributed by atoms with van der Waals surface area (Å²) < 4.78 is 58.2. The number of pyridine rings is 1. The van der Waals surface area contributed by atoms with Crippen molar-refractivity contribution < 1.29 is 42.4 Å². The van der Waals surface area contributed by atoms with Gasteiger partial charge in [-0.2, -0.15) is 13.2 Å². The Hall–Kier alpha value is -3.05. The SMILES string of the molecule is COc1cc(C(=O)NCC(O)(c2cc3c(c(C)n2)OCC3(C)C)C(F)(F)F)ccc1OCCO. The van der Waals surface area contributed by atoms with E-state index < -0.39 is 35.3 Å². The van der Waals surface area contributed by atoms with E-state index in [-0.39, 0.29) is 42.6 Å². The second-order valence-corrected chi connectivity index (χ2v) is 8.62. The number of ether oxygens (including phenoxy) is 3. The van der Waals surface area contributed by atoms with Crippen molar-refractivity contribution in [2.75, 3.05) is 33.5 Å². The zero-order valence-corrected chi connectivity index (χ0v) is 19.2. The fraction of sp³-hybridized carbons (Fsp3) is 0.478. The van der Waals surface area contributed by atoms with Crippen LogP contribution in [0, 0.1) is 6.92 Å². The van der Waals surface area contributed by atoms with E-state index in [0.29, 0.717) is 11.3 Å².